The summed E-state index contributed by atoms with van der Waals surface area (Å²) in [6.45, 7) is 2.14. The Morgan fingerprint density at radius 2 is 2.11 bits per heavy atom. The predicted octanol–water partition coefficient (Wildman–Crippen LogP) is 4.47. The molecule has 0 saturated heterocycles. The molecule has 2 aromatic rings. The predicted molar refractivity (Wildman–Crippen MR) is 87.0 cm³/mol. The number of nitrogens with zero attached hydrogens (tertiary/aromatic N) is 2. The van der Waals surface area contributed by atoms with Crippen LogP contribution in [0.5, 0.6) is 0 Å². The fourth-order valence-corrected chi connectivity index (χ4v) is 3.23. The van der Waals surface area contributed by atoms with Crippen molar-refractivity contribution in [1.29, 1.82) is 0 Å². The number of halogens is 2. The van der Waals surface area contributed by atoms with Gasteiger partial charge in [0.15, 0.2) is 0 Å². The van der Waals surface area contributed by atoms with Gasteiger partial charge in [-0.05, 0) is 42.5 Å². The minimum absolute atomic E-state index is 0.470. The zero-order valence-corrected chi connectivity index (χ0v) is 14.4. The topological polar surface area (TPSA) is 17.8 Å². The standard InChI is InChI=1S/C15H18Br2N2/c1-3-14-9-15(19(2)18-14)8-12(10-16)11-5-4-6-13(17)7-11/h4-7,9,12H,3,8,10H2,1-2H3. The second-order valence-corrected chi connectivity index (χ2v) is 6.28. The van der Waals surface area contributed by atoms with Gasteiger partial charge in [0.25, 0.3) is 0 Å². The van der Waals surface area contributed by atoms with Crippen molar-refractivity contribution in [2.75, 3.05) is 5.33 Å². The molecule has 1 heterocycles. The fraction of sp³-hybridized carbons (Fsp3) is 0.400. The molecule has 0 N–H and O–H groups in total. The second-order valence-electron chi connectivity index (χ2n) is 4.71. The number of benzene rings is 1. The van der Waals surface area contributed by atoms with Crippen molar-refractivity contribution < 1.29 is 0 Å². The van der Waals surface area contributed by atoms with Crippen LogP contribution in [0, 0.1) is 0 Å². The Hall–Kier alpha value is -0.610. The Labute approximate surface area is 131 Å². The Balaban J connectivity index is 2.21. The van der Waals surface area contributed by atoms with E-state index in [-0.39, 0.29) is 0 Å². The lowest BCUT2D eigenvalue weighted by molar-refractivity contribution is 0.658. The average Bonchev–Trinajstić information content (AvgIpc) is 2.76. The van der Waals surface area contributed by atoms with Gasteiger partial charge in [-0.2, -0.15) is 5.10 Å². The molecule has 1 unspecified atom stereocenters. The first kappa shape index (κ1) is 14.8. The van der Waals surface area contributed by atoms with E-state index in [1.54, 1.807) is 0 Å². The van der Waals surface area contributed by atoms with E-state index in [0.29, 0.717) is 5.92 Å². The van der Waals surface area contributed by atoms with Gasteiger partial charge in [-0.1, -0.05) is 50.9 Å². The van der Waals surface area contributed by atoms with E-state index in [1.807, 2.05) is 11.7 Å². The van der Waals surface area contributed by atoms with E-state index in [2.05, 4.69) is 74.2 Å². The van der Waals surface area contributed by atoms with Gasteiger partial charge in [-0.3, -0.25) is 4.68 Å². The molecule has 1 aromatic carbocycles. The van der Waals surface area contributed by atoms with Crippen molar-refractivity contribution in [3.05, 3.63) is 51.8 Å². The van der Waals surface area contributed by atoms with Gasteiger partial charge >= 0.3 is 0 Å². The molecule has 102 valence electrons. The SMILES string of the molecule is CCc1cc(CC(CBr)c2cccc(Br)c2)n(C)n1. The molecule has 0 aliphatic heterocycles. The van der Waals surface area contributed by atoms with Gasteiger partial charge in [0.2, 0.25) is 0 Å². The van der Waals surface area contributed by atoms with E-state index in [9.17, 15) is 0 Å². The summed E-state index contributed by atoms with van der Waals surface area (Å²) < 4.78 is 3.14. The van der Waals surface area contributed by atoms with Crippen molar-refractivity contribution in [2.24, 2.45) is 7.05 Å². The van der Waals surface area contributed by atoms with Crippen LogP contribution in [-0.2, 0) is 19.9 Å². The Morgan fingerprint density at radius 3 is 2.68 bits per heavy atom. The molecule has 4 heteroatoms. The van der Waals surface area contributed by atoms with Crippen molar-refractivity contribution in [2.45, 2.75) is 25.7 Å². The molecule has 2 rings (SSSR count). The molecule has 0 fully saturated rings. The van der Waals surface area contributed by atoms with E-state index < -0.39 is 0 Å². The van der Waals surface area contributed by atoms with Gasteiger partial charge in [-0.15, -0.1) is 0 Å². The monoisotopic (exact) mass is 384 g/mol. The van der Waals surface area contributed by atoms with Gasteiger partial charge in [0.1, 0.15) is 0 Å². The summed E-state index contributed by atoms with van der Waals surface area (Å²) in [5, 5.41) is 5.47. The summed E-state index contributed by atoms with van der Waals surface area (Å²) in [7, 11) is 2.03. The number of hydrogen-bond donors (Lipinski definition) is 0. The lowest BCUT2D eigenvalue weighted by atomic mass is 9.96. The number of alkyl halides is 1. The molecule has 0 bridgehead atoms. The normalized spacial score (nSPS) is 12.6. The quantitative estimate of drug-likeness (QED) is 0.694. The van der Waals surface area contributed by atoms with Crippen LogP contribution in [0.15, 0.2) is 34.8 Å². The van der Waals surface area contributed by atoms with E-state index in [4.69, 9.17) is 0 Å². The first-order valence-corrected chi connectivity index (χ1v) is 8.38. The smallest absolute Gasteiger partial charge is 0.0624 e. The van der Waals surface area contributed by atoms with Crippen LogP contribution in [0.25, 0.3) is 0 Å². The van der Waals surface area contributed by atoms with Crippen LogP contribution in [0.3, 0.4) is 0 Å². The van der Waals surface area contributed by atoms with E-state index in [0.717, 1.165) is 22.6 Å². The third-order valence-electron chi connectivity index (χ3n) is 3.35. The van der Waals surface area contributed by atoms with E-state index >= 15 is 0 Å². The van der Waals surface area contributed by atoms with Crippen LogP contribution in [0.1, 0.15) is 29.8 Å². The Bertz CT molecular complexity index is 549. The van der Waals surface area contributed by atoms with Gasteiger partial charge in [-0.25, -0.2) is 0 Å². The molecular weight excluding hydrogens is 368 g/mol. The maximum atomic E-state index is 4.52. The van der Waals surface area contributed by atoms with Gasteiger partial charge in [0, 0.05) is 22.5 Å². The first-order valence-electron chi connectivity index (χ1n) is 6.47. The van der Waals surface area contributed by atoms with Crippen LogP contribution in [0.2, 0.25) is 0 Å². The van der Waals surface area contributed by atoms with Crippen molar-refractivity contribution in [1.82, 2.24) is 9.78 Å². The lowest BCUT2D eigenvalue weighted by Gasteiger charge is -2.15. The first-order chi connectivity index (χ1) is 9.13. The Kier molecular flexibility index (Phi) is 5.22. The molecule has 19 heavy (non-hydrogen) atoms. The van der Waals surface area contributed by atoms with Crippen LogP contribution >= 0.6 is 31.9 Å². The molecule has 1 aromatic heterocycles. The number of aromatic nitrogens is 2. The third kappa shape index (κ3) is 3.69. The fourth-order valence-electron chi connectivity index (χ4n) is 2.21. The molecule has 0 spiro atoms. The maximum absolute atomic E-state index is 4.52. The van der Waals surface area contributed by atoms with Crippen molar-refractivity contribution in [3.63, 3.8) is 0 Å². The van der Waals surface area contributed by atoms with Crippen molar-refractivity contribution >= 4 is 31.9 Å². The maximum Gasteiger partial charge on any atom is 0.0624 e. The number of rotatable bonds is 5. The summed E-state index contributed by atoms with van der Waals surface area (Å²) in [4.78, 5) is 0. The third-order valence-corrected chi connectivity index (χ3v) is 4.63. The Morgan fingerprint density at radius 1 is 1.32 bits per heavy atom. The van der Waals surface area contributed by atoms with E-state index in [1.165, 1.54) is 17.0 Å². The average molecular weight is 386 g/mol. The number of aryl methyl sites for hydroxylation is 2. The molecular formula is C15H18Br2N2. The van der Waals surface area contributed by atoms with Gasteiger partial charge < -0.3 is 0 Å². The van der Waals surface area contributed by atoms with Gasteiger partial charge in [0.05, 0.1) is 5.69 Å². The molecule has 0 amide bonds. The summed E-state index contributed by atoms with van der Waals surface area (Å²) in [6, 6.07) is 10.8. The zero-order chi connectivity index (χ0) is 13.8. The highest BCUT2D eigenvalue weighted by atomic mass is 79.9. The summed E-state index contributed by atoms with van der Waals surface area (Å²) in [5.74, 6) is 0.470. The largest absolute Gasteiger partial charge is 0.272 e. The molecule has 0 radical (unpaired) electrons. The highest BCUT2D eigenvalue weighted by molar-refractivity contribution is 9.10. The zero-order valence-electron chi connectivity index (χ0n) is 11.2. The highest BCUT2D eigenvalue weighted by Gasteiger charge is 2.14. The second kappa shape index (κ2) is 6.71. The van der Waals surface area contributed by atoms with Crippen LogP contribution in [-0.4, -0.2) is 15.1 Å². The lowest BCUT2D eigenvalue weighted by Crippen LogP contribution is -2.08. The summed E-state index contributed by atoms with van der Waals surface area (Å²) >= 11 is 7.18. The van der Waals surface area contributed by atoms with Crippen LogP contribution in [0.4, 0.5) is 0 Å². The minimum atomic E-state index is 0.470. The summed E-state index contributed by atoms with van der Waals surface area (Å²) in [5.41, 5.74) is 3.81. The number of hydrogen-bond acceptors (Lipinski definition) is 1. The van der Waals surface area contributed by atoms with Crippen LogP contribution < -0.4 is 0 Å². The summed E-state index contributed by atoms with van der Waals surface area (Å²) in [6.07, 6.45) is 1.99. The molecule has 0 saturated carbocycles. The molecule has 0 aliphatic rings. The van der Waals surface area contributed by atoms with Crippen molar-refractivity contribution in [3.8, 4) is 0 Å². The molecule has 0 aliphatic carbocycles. The minimum Gasteiger partial charge on any atom is -0.272 e. The molecule has 1 atom stereocenters. The molecule has 2 nitrogen and oxygen atoms in total. The highest BCUT2D eigenvalue weighted by Crippen LogP contribution is 2.25.